The molecule has 1 saturated carbocycles. The summed E-state index contributed by atoms with van der Waals surface area (Å²) in [5.74, 6) is 1.82. The molecule has 0 aromatic carbocycles. The summed E-state index contributed by atoms with van der Waals surface area (Å²) in [6, 6.07) is 1.60. The number of likely N-dealkylation sites (tertiary alicyclic amines) is 1. The maximum atomic E-state index is 3.53. The van der Waals surface area contributed by atoms with E-state index in [0.29, 0.717) is 6.04 Å². The van der Waals surface area contributed by atoms with Crippen molar-refractivity contribution in [2.45, 2.75) is 64.5 Å². The van der Waals surface area contributed by atoms with Gasteiger partial charge in [-0.15, -0.1) is 0 Å². The summed E-state index contributed by atoms with van der Waals surface area (Å²) in [6.07, 6.45) is 8.65. The average Bonchev–Trinajstić information content (AvgIpc) is 2.78. The molecule has 4 atom stereocenters. The molecule has 2 heteroatoms. The number of nitrogens with zero attached hydrogens (tertiary/aromatic N) is 1. The lowest BCUT2D eigenvalue weighted by Crippen LogP contribution is -2.46. The van der Waals surface area contributed by atoms with Crippen LogP contribution >= 0.6 is 0 Å². The van der Waals surface area contributed by atoms with Crippen LogP contribution in [0.25, 0.3) is 0 Å². The van der Waals surface area contributed by atoms with Gasteiger partial charge in [-0.1, -0.05) is 33.1 Å². The van der Waals surface area contributed by atoms with Crippen molar-refractivity contribution >= 4 is 0 Å². The number of likely N-dealkylation sites (N-methyl/N-ethyl adjacent to an activating group) is 1. The minimum Gasteiger partial charge on any atom is -0.315 e. The number of hydrogen-bond acceptors (Lipinski definition) is 2. The lowest BCUT2D eigenvalue weighted by Gasteiger charge is -2.35. The van der Waals surface area contributed by atoms with Gasteiger partial charge in [0.05, 0.1) is 0 Å². The van der Waals surface area contributed by atoms with Crippen LogP contribution in [0.15, 0.2) is 0 Å². The largest absolute Gasteiger partial charge is 0.315 e. The van der Waals surface area contributed by atoms with Crippen LogP contribution in [-0.4, -0.2) is 37.1 Å². The maximum Gasteiger partial charge on any atom is 0.0217 e. The number of fused-ring (bicyclic) bond motifs is 1. The first-order chi connectivity index (χ1) is 8.26. The third-order valence-corrected chi connectivity index (χ3v) is 5.26. The van der Waals surface area contributed by atoms with Crippen molar-refractivity contribution in [1.29, 1.82) is 0 Å². The molecule has 2 rings (SSSR count). The number of rotatable bonds is 5. The molecular weight excluding hydrogens is 208 g/mol. The van der Waals surface area contributed by atoms with Gasteiger partial charge >= 0.3 is 0 Å². The zero-order valence-electron chi connectivity index (χ0n) is 11.9. The Morgan fingerprint density at radius 1 is 1.24 bits per heavy atom. The molecular formula is C15H30N2. The fourth-order valence-electron chi connectivity index (χ4n) is 3.82. The molecule has 0 spiro atoms. The fourth-order valence-corrected chi connectivity index (χ4v) is 3.82. The quantitative estimate of drug-likeness (QED) is 0.792. The highest BCUT2D eigenvalue weighted by molar-refractivity contribution is 4.91. The second kappa shape index (κ2) is 6.19. The topological polar surface area (TPSA) is 15.3 Å². The molecule has 0 amide bonds. The van der Waals surface area contributed by atoms with Crippen LogP contribution in [0.3, 0.4) is 0 Å². The minimum absolute atomic E-state index is 0.681. The minimum atomic E-state index is 0.681. The Bertz CT molecular complexity index is 229. The first-order valence-electron chi connectivity index (χ1n) is 7.67. The van der Waals surface area contributed by atoms with Gasteiger partial charge in [-0.2, -0.15) is 0 Å². The molecule has 0 aromatic rings. The van der Waals surface area contributed by atoms with E-state index >= 15 is 0 Å². The zero-order valence-corrected chi connectivity index (χ0v) is 11.9. The molecule has 17 heavy (non-hydrogen) atoms. The highest BCUT2D eigenvalue weighted by Gasteiger charge is 2.36. The third kappa shape index (κ3) is 3.03. The molecule has 2 fully saturated rings. The van der Waals surface area contributed by atoms with Gasteiger partial charge in [0.15, 0.2) is 0 Å². The van der Waals surface area contributed by atoms with Gasteiger partial charge in [0.1, 0.15) is 0 Å². The Morgan fingerprint density at radius 2 is 2.00 bits per heavy atom. The van der Waals surface area contributed by atoms with E-state index in [1.54, 1.807) is 0 Å². The molecule has 1 saturated heterocycles. The van der Waals surface area contributed by atoms with Crippen molar-refractivity contribution in [1.82, 2.24) is 10.2 Å². The summed E-state index contributed by atoms with van der Waals surface area (Å²) in [6.45, 7) is 7.31. The summed E-state index contributed by atoms with van der Waals surface area (Å²) in [5.41, 5.74) is 0. The van der Waals surface area contributed by atoms with E-state index in [1.165, 1.54) is 51.6 Å². The third-order valence-electron chi connectivity index (χ3n) is 5.26. The molecule has 0 radical (unpaired) electrons. The average molecular weight is 238 g/mol. The van der Waals surface area contributed by atoms with E-state index in [-0.39, 0.29) is 0 Å². The Balaban J connectivity index is 1.89. The predicted octanol–water partition coefficient (Wildman–Crippen LogP) is 2.89. The highest BCUT2D eigenvalue weighted by atomic mass is 15.2. The second-order valence-electron chi connectivity index (χ2n) is 6.18. The Labute approximate surface area is 107 Å². The van der Waals surface area contributed by atoms with Crippen molar-refractivity contribution in [3.8, 4) is 0 Å². The molecule has 100 valence electrons. The van der Waals surface area contributed by atoms with Gasteiger partial charge in [-0.25, -0.2) is 0 Å². The van der Waals surface area contributed by atoms with Gasteiger partial charge in [0, 0.05) is 18.6 Å². The maximum absolute atomic E-state index is 3.53. The summed E-state index contributed by atoms with van der Waals surface area (Å²) in [7, 11) is 2.13. The van der Waals surface area contributed by atoms with Crippen molar-refractivity contribution < 1.29 is 0 Å². The first kappa shape index (κ1) is 13.4. The highest BCUT2D eigenvalue weighted by Crippen LogP contribution is 2.36. The van der Waals surface area contributed by atoms with E-state index < -0.39 is 0 Å². The van der Waals surface area contributed by atoms with Gasteiger partial charge in [-0.05, 0) is 44.7 Å². The van der Waals surface area contributed by atoms with E-state index in [1.807, 2.05) is 0 Å². The van der Waals surface area contributed by atoms with Crippen LogP contribution in [0.2, 0.25) is 0 Å². The van der Waals surface area contributed by atoms with E-state index in [9.17, 15) is 0 Å². The van der Waals surface area contributed by atoms with Gasteiger partial charge in [0.25, 0.3) is 0 Å². The van der Waals surface area contributed by atoms with Gasteiger partial charge in [-0.3, -0.25) is 4.90 Å². The lowest BCUT2D eigenvalue weighted by molar-refractivity contribution is 0.155. The van der Waals surface area contributed by atoms with Crippen LogP contribution in [-0.2, 0) is 0 Å². The molecule has 2 aliphatic rings. The summed E-state index contributed by atoms with van der Waals surface area (Å²) in [5, 5.41) is 3.53. The predicted molar refractivity (Wildman–Crippen MR) is 74.2 cm³/mol. The second-order valence-corrected chi connectivity index (χ2v) is 6.18. The Morgan fingerprint density at radius 3 is 2.71 bits per heavy atom. The molecule has 1 aliphatic heterocycles. The number of nitrogens with one attached hydrogen (secondary N) is 1. The van der Waals surface area contributed by atoms with E-state index in [4.69, 9.17) is 0 Å². The monoisotopic (exact) mass is 238 g/mol. The molecule has 1 aliphatic carbocycles. The van der Waals surface area contributed by atoms with Crippen LogP contribution in [0, 0.1) is 11.8 Å². The molecule has 0 bridgehead atoms. The van der Waals surface area contributed by atoms with Crippen molar-refractivity contribution in [3.05, 3.63) is 0 Å². The van der Waals surface area contributed by atoms with Crippen molar-refractivity contribution in [2.24, 2.45) is 11.8 Å². The molecule has 4 unspecified atom stereocenters. The van der Waals surface area contributed by atoms with Crippen LogP contribution in [0.1, 0.15) is 52.4 Å². The van der Waals surface area contributed by atoms with Crippen molar-refractivity contribution in [2.75, 3.05) is 20.1 Å². The molecule has 2 nitrogen and oxygen atoms in total. The Hall–Kier alpha value is -0.0800. The summed E-state index contributed by atoms with van der Waals surface area (Å²) < 4.78 is 0. The van der Waals surface area contributed by atoms with Crippen LogP contribution in [0.4, 0.5) is 0 Å². The van der Waals surface area contributed by atoms with Crippen molar-refractivity contribution in [3.63, 3.8) is 0 Å². The lowest BCUT2D eigenvalue weighted by atomic mass is 9.85. The van der Waals surface area contributed by atoms with Crippen LogP contribution < -0.4 is 5.32 Å². The first-order valence-corrected chi connectivity index (χ1v) is 7.67. The fraction of sp³-hybridized carbons (Fsp3) is 1.00. The van der Waals surface area contributed by atoms with E-state index in [0.717, 1.165) is 17.9 Å². The Kier molecular flexibility index (Phi) is 4.87. The molecule has 1 heterocycles. The number of hydrogen-bond donors (Lipinski definition) is 1. The zero-order chi connectivity index (χ0) is 12.3. The smallest absolute Gasteiger partial charge is 0.0217 e. The standard InChI is InChI=1S/C15H30N2/c1-4-12(2)14(16-3)11-17-10-9-13-7-5-6-8-15(13)17/h12-16H,4-11H2,1-3H3. The summed E-state index contributed by atoms with van der Waals surface area (Å²) >= 11 is 0. The summed E-state index contributed by atoms with van der Waals surface area (Å²) in [4.78, 5) is 2.79. The van der Waals surface area contributed by atoms with Crippen LogP contribution in [0.5, 0.6) is 0 Å². The molecule has 1 N–H and O–H groups in total. The van der Waals surface area contributed by atoms with Gasteiger partial charge in [0.2, 0.25) is 0 Å². The van der Waals surface area contributed by atoms with E-state index in [2.05, 4.69) is 31.1 Å². The SMILES string of the molecule is CCC(C)C(CN1CCC2CCCCC21)NC. The molecule has 0 aromatic heterocycles. The van der Waals surface area contributed by atoms with Gasteiger partial charge < -0.3 is 5.32 Å². The normalized spacial score (nSPS) is 33.4.